The van der Waals surface area contributed by atoms with Gasteiger partial charge in [-0.3, -0.25) is 0 Å². The van der Waals surface area contributed by atoms with Crippen LogP contribution in [-0.2, 0) is 0 Å². The first kappa shape index (κ1) is 39.4. The molecule has 0 atom stereocenters. The van der Waals surface area contributed by atoms with Gasteiger partial charge in [-0.2, -0.15) is 0 Å². The minimum Gasteiger partial charge on any atom is -0.309 e. The number of hydrogen-bond donors (Lipinski definition) is 0. The number of aromatic nitrogens is 2. The third-order valence-electron chi connectivity index (χ3n) is 14.8. The van der Waals surface area contributed by atoms with E-state index in [4.69, 9.17) is 0 Å². The lowest BCUT2D eigenvalue weighted by molar-refractivity contribution is 1.17. The summed E-state index contributed by atoms with van der Waals surface area (Å²) < 4.78 is 4.95. The van der Waals surface area contributed by atoms with E-state index in [1.807, 2.05) is 0 Å². The maximum atomic E-state index is 2.52. The third-order valence-corrected chi connectivity index (χ3v) is 19.6. The number of nitrogens with zero attached hydrogens (tertiary/aromatic N) is 2. The standard InChI is InChI=1S/C66H44N2Si/c1-4-20-47(21-5-1)69(48-22-6-2-7-23-48,49-24-8-3-9-25-49)50-38-41-66-62(44-50)59-33-17-19-35-64(59)68(66)46-37-40-65-61(43-46)58-32-16-18-34-63(58)67(65)45-36-39-57-55-30-13-12-28-53(55)51-26-10-11-27-52(51)54-29-14-15-31-56(54)60(57)42-45/h1-44H. The molecule has 14 rings (SSSR count). The van der Waals surface area contributed by atoms with Gasteiger partial charge >= 0.3 is 0 Å². The Morgan fingerprint density at radius 2 is 0.536 bits per heavy atom. The van der Waals surface area contributed by atoms with Crippen LogP contribution in [0.2, 0.25) is 0 Å². The van der Waals surface area contributed by atoms with Crippen molar-refractivity contribution in [3.63, 3.8) is 0 Å². The van der Waals surface area contributed by atoms with E-state index in [1.165, 1.54) is 109 Å². The summed E-state index contributed by atoms with van der Waals surface area (Å²) in [5.41, 5.74) is 17.0. The highest BCUT2D eigenvalue weighted by Gasteiger charge is 2.41. The molecule has 2 heterocycles. The molecular formula is C66H44N2Si. The van der Waals surface area contributed by atoms with Gasteiger partial charge in [-0.1, -0.05) is 218 Å². The van der Waals surface area contributed by atoms with Crippen LogP contribution >= 0.6 is 0 Å². The quantitative estimate of drug-likeness (QED) is 0.116. The summed E-state index contributed by atoms with van der Waals surface area (Å²) in [6.07, 6.45) is 0. The second-order valence-corrected chi connectivity index (χ2v) is 22.2. The summed E-state index contributed by atoms with van der Waals surface area (Å²) in [5, 5.41) is 10.4. The molecular weight excluding hydrogens is 849 g/mol. The van der Waals surface area contributed by atoms with Crippen LogP contribution in [0.3, 0.4) is 0 Å². The van der Waals surface area contributed by atoms with E-state index in [0.29, 0.717) is 0 Å². The third kappa shape index (κ3) is 5.91. The molecule has 322 valence electrons. The molecule has 0 fully saturated rings. The molecule has 0 unspecified atom stereocenters. The van der Waals surface area contributed by atoms with Crippen LogP contribution in [-0.4, -0.2) is 17.2 Å². The number of hydrogen-bond acceptors (Lipinski definition) is 0. The summed E-state index contributed by atoms with van der Waals surface area (Å²) in [5.74, 6) is 0. The fourth-order valence-corrected chi connectivity index (χ4v) is 16.7. The topological polar surface area (TPSA) is 9.86 Å². The van der Waals surface area contributed by atoms with Crippen molar-refractivity contribution in [3.8, 4) is 55.9 Å². The molecule has 1 aliphatic carbocycles. The van der Waals surface area contributed by atoms with Gasteiger partial charge in [0.1, 0.15) is 0 Å². The molecule has 11 aromatic carbocycles. The fraction of sp³-hybridized carbons (Fsp3) is 0. The highest BCUT2D eigenvalue weighted by molar-refractivity contribution is 7.20. The predicted octanol–water partition coefficient (Wildman–Crippen LogP) is 14.2. The van der Waals surface area contributed by atoms with E-state index in [-0.39, 0.29) is 0 Å². The Labute approximate surface area is 402 Å². The molecule has 0 aliphatic heterocycles. The van der Waals surface area contributed by atoms with Gasteiger partial charge in [0.2, 0.25) is 0 Å². The van der Waals surface area contributed by atoms with Crippen molar-refractivity contribution in [1.29, 1.82) is 0 Å². The number of benzene rings is 11. The number of rotatable bonds is 6. The van der Waals surface area contributed by atoms with Gasteiger partial charge in [0.05, 0.1) is 22.1 Å². The molecule has 3 heteroatoms. The molecule has 2 nitrogen and oxygen atoms in total. The molecule has 69 heavy (non-hydrogen) atoms. The minimum absolute atomic E-state index is 1.14. The molecule has 0 spiro atoms. The molecule has 0 amide bonds. The zero-order chi connectivity index (χ0) is 45.5. The maximum Gasteiger partial charge on any atom is 0.179 e. The van der Waals surface area contributed by atoms with E-state index in [9.17, 15) is 0 Å². The van der Waals surface area contributed by atoms with Gasteiger partial charge in [-0.05, 0) is 114 Å². The first-order valence-electron chi connectivity index (χ1n) is 23.9. The largest absolute Gasteiger partial charge is 0.309 e. The smallest absolute Gasteiger partial charge is 0.179 e. The van der Waals surface area contributed by atoms with Gasteiger partial charge in [0, 0.05) is 32.9 Å². The Morgan fingerprint density at radius 3 is 1.01 bits per heavy atom. The average molecular weight is 893 g/mol. The van der Waals surface area contributed by atoms with Gasteiger partial charge in [0.15, 0.2) is 8.07 Å². The first-order chi connectivity index (χ1) is 34.3. The fourth-order valence-electron chi connectivity index (χ4n) is 11.9. The Hall–Kier alpha value is -8.76. The number of fused-ring (bicyclic) bond motifs is 14. The van der Waals surface area contributed by atoms with Crippen molar-refractivity contribution < 1.29 is 0 Å². The Bertz CT molecular complexity index is 4020. The molecule has 0 bridgehead atoms. The summed E-state index contributed by atoms with van der Waals surface area (Å²) in [4.78, 5) is 0. The lowest BCUT2D eigenvalue weighted by Gasteiger charge is -2.34. The van der Waals surface area contributed by atoms with Crippen LogP contribution in [0.4, 0.5) is 0 Å². The average Bonchev–Trinajstić information content (AvgIpc) is 3.94. The highest BCUT2D eigenvalue weighted by atomic mass is 28.3. The molecule has 0 saturated carbocycles. The molecule has 0 saturated heterocycles. The lowest BCUT2D eigenvalue weighted by atomic mass is 9.81. The zero-order valence-electron chi connectivity index (χ0n) is 37.8. The van der Waals surface area contributed by atoms with Gasteiger partial charge in [-0.15, -0.1) is 0 Å². The lowest BCUT2D eigenvalue weighted by Crippen LogP contribution is -2.74. The SMILES string of the molecule is c1ccc([Si](c2ccccc2)(c2ccccc2)c2ccc3c(c2)c2ccccc2n3-c2ccc3c(c2)c2ccccc2n3-c2ccc3c(c2)-c2ccccc2-c2ccccc2-c2ccccc2-3)cc1. The molecule has 0 N–H and O–H groups in total. The normalized spacial score (nSPS) is 12.1. The van der Waals surface area contributed by atoms with Gasteiger partial charge in [0.25, 0.3) is 0 Å². The van der Waals surface area contributed by atoms with E-state index in [0.717, 1.165) is 11.4 Å². The van der Waals surface area contributed by atoms with Crippen molar-refractivity contribution in [2.45, 2.75) is 0 Å². The van der Waals surface area contributed by atoms with Crippen molar-refractivity contribution in [2.75, 3.05) is 0 Å². The molecule has 2 aromatic heterocycles. The summed E-state index contributed by atoms with van der Waals surface area (Å²) in [7, 11) is -2.75. The Morgan fingerprint density at radius 1 is 0.203 bits per heavy atom. The van der Waals surface area contributed by atoms with Crippen LogP contribution in [0.1, 0.15) is 0 Å². The first-order valence-corrected chi connectivity index (χ1v) is 25.9. The number of para-hydroxylation sites is 2. The summed E-state index contributed by atoms with van der Waals surface area (Å²) in [6.45, 7) is 0. The second kappa shape index (κ2) is 15.7. The van der Waals surface area contributed by atoms with E-state index >= 15 is 0 Å². The van der Waals surface area contributed by atoms with Gasteiger partial charge in [-0.25, -0.2) is 0 Å². The van der Waals surface area contributed by atoms with E-state index in [2.05, 4.69) is 276 Å². The van der Waals surface area contributed by atoms with Crippen molar-refractivity contribution in [3.05, 3.63) is 267 Å². The Kier molecular flexibility index (Phi) is 8.95. The second-order valence-electron chi connectivity index (χ2n) is 18.4. The summed E-state index contributed by atoms with van der Waals surface area (Å²) in [6, 6.07) is 99.7. The summed E-state index contributed by atoms with van der Waals surface area (Å²) >= 11 is 0. The van der Waals surface area contributed by atoms with Gasteiger partial charge < -0.3 is 9.13 Å². The molecule has 13 aromatic rings. The van der Waals surface area contributed by atoms with E-state index < -0.39 is 8.07 Å². The van der Waals surface area contributed by atoms with E-state index in [1.54, 1.807) is 0 Å². The van der Waals surface area contributed by atoms with Crippen molar-refractivity contribution in [1.82, 2.24) is 9.13 Å². The zero-order valence-corrected chi connectivity index (χ0v) is 38.8. The van der Waals surface area contributed by atoms with Crippen LogP contribution in [0, 0.1) is 0 Å². The van der Waals surface area contributed by atoms with Crippen LogP contribution < -0.4 is 20.7 Å². The minimum atomic E-state index is -2.75. The van der Waals surface area contributed by atoms with Crippen molar-refractivity contribution in [2.24, 2.45) is 0 Å². The predicted molar refractivity (Wildman–Crippen MR) is 294 cm³/mol. The Balaban J connectivity index is 0.973. The van der Waals surface area contributed by atoms with Crippen LogP contribution in [0.25, 0.3) is 99.5 Å². The molecule has 0 radical (unpaired) electrons. The maximum absolute atomic E-state index is 2.75. The van der Waals surface area contributed by atoms with Crippen LogP contribution in [0.15, 0.2) is 267 Å². The van der Waals surface area contributed by atoms with Crippen LogP contribution in [0.5, 0.6) is 0 Å². The van der Waals surface area contributed by atoms with Crippen molar-refractivity contribution >= 4 is 72.4 Å². The molecule has 1 aliphatic rings. The highest BCUT2D eigenvalue weighted by Crippen LogP contribution is 2.48. The monoisotopic (exact) mass is 892 g/mol.